The number of carbonyl (C=O) groups is 1. The number of carbonyl (C=O) groups excluding carboxylic acids is 1. The Balaban J connectivity index is 1.43. The van der Waals surface area contributed by atoms with Crippen LogP contribution in [0.3, 0.4) is 0 Å². The highest BCUT2D eigenvalue weighted by atomic mass is 16.5. The Morgan fingerprint density at radius 2 is 2.04 bits per heavy atom. The van der Waals surface area contributed by atoms with E-state index >= 15 is 0 Å². The van der Waals surface area contributed by atoms with E-state index in [4.69, 9.17) is 8.94 Å². The topological polar surface area (TPSA) is 86.1 Å². The number of aromatic nitrogens is 3. The molecule has 0 spiro atoms. The molecule has 0 aliphatic rings. The molecule has 3 aromatic heterocycles. The third-order valence-electron chi connectivity index (χ3n) is 3.85. The van der Waals surface area contributed by atoms with Gasteiger partial charge in [-0.05, 0) is 44.5 Å². The van der Waals surface area contributed by atoms with Gasteiger partial charge in [0.25, 0.3) is 0 Å². The lowest BCUT2D eigenvalue weighted by molar-refractivity contribution is -0.121. The average molecular weight is 328 g/mol. The van der Waals surface area contributed by atoms with E-state index in [1.165, 1.54) is 11.4 Å². The fraction of sp³-hybridized carbons (Fsp3) is 0.353. The smallest absolute Gasteiger partial charge is 0.246 e. The second kappa shape index (κ2) is 7.16. The highest BCUT2D eigenvalue weighted by Crippen LogP contribution is 2.15. The van der Waals surface area contributed by atoms with Crippen LogP contribution in [0.2, 0.25) is 0 Å². The van der Waals surface area contributed by atoms with Gasteiger partial charge in [-0.3, -0.25) is 4.79 Å². The van der Waals surface area contributed by atoms with E-state index in [1.54, 1.807) is 18.4 Å². The van der Waals surface area contributed by atoms with Crippen LogP contribution in [0.25, 0.3) is 11.6 Å². The fourth-order valence-corrected chi connectivity index (χ4v) is 2.54. The van der Waals surface area contributed by atoms with Crippen LogP contribution in [0.4, 0.5) is 0 Å². The lowest BCUT2D eigenvalue weighted by atomic mass is 10.3. The number of nitrogens with zero attached hydrogens (tertiary/aromatic N) is 3. The monoisotopic (exact) mass is 328 g/mol. The van der Waals surface area contributed by atoms with Crippen molar-refractivity contribution < 1.29 is 13.7 Å². The van der Waals surface area contributed by atoms with Crippen LogP contribution in [0.1, 0.15) is 30.1 Å². The van der Waals surface area contributed by atoms with Crippen molar-refractivity contribution in [3.63, 3.8) is 0 Å². The number of furan rings is 1. The molecule has 7 heteroatoms. The molecule has 0 saturated carbocycles. The summed E-state index contributed by atoms with van der Waals surface area (Å²) in [5, 5.41) is 6.61. The maximum Gasteiger partial charge on any atom is 0.246 e. The SMILES string of the molecule is Cc1ccc(C)n1CCCC(=O)NCc1nc(-c2ccco2)no1. The lowest BCUT2D eigenvalue weighted by Gasteiger charge is -2.08. The van der Waals surface area contributed by atoms with Crippen LogP contribution < -0.4 is 5.32 Å². The van der Waals surface area contributed by atoms with Gasteiger partial charge in [0.15, 0.2) is 5.76 Å². The van der Waals surface area contributed by atoms with Crippen molar-refractivity contribution in [2.45, 2.75) is 39.8 Å². The van der Waals surface area contributed by atoms with Gasteiger partial charge in [0.05, 0.1) is 12.8 Å². The molecule has 126 valence electrons. The predicted molar refractivity (Wildman–Crippen MR) is 87.0 cm³/mol. The Kier molecular flexibility index (Phi) is 4.79. The van der Waals surface area contributed by atoms with Crippen molar-refractivity contribution in [3.05, 3.63) is 47.8 Å². The highest BCUT2D eigenvalue weighted by Gasteiger charge is 2.11. The molecule has 24 heavy (non-hydrogen) atoms. The molecule has 3 rings (SSSR count). The molecule has 0 unspecified atom stereocenters. The van der Waals surface area contributed by atoms with E-state index in [2.05, 4.69) is 46.0 Å². The van der Waals surface area contributed by atoms with Gasteiger partial charge in [-0.25, -0.2) is 0 Å². The van der Waals surface area contributed by atoms with E-state index in [0.29, 0.717) is 23.9 Å². The Morgan fingerprint density at radius 1 is 1.25 bits per heavy atom. The van der Waals surface area contributed by atoms with Crippen molar-refractivity contribution in [1.82, 2.24) is 20.0 Å². The third kappa shape index (κ3) is 3.73. The molecule has 0 radical (unpaired) electrons. The van der Waals surface area contributed by atoms with Crippen LogP contribution in [0, 0.1) is 13.8 Å². The lowest BCUT2D eigenvalue weighted by Crippen LogP contribution is -2.23. The van der Waals surface area contributed by atoms with Gasteiger partial charge in [0.2, 0.25) is 17.6 Å². The maximum absolute atomic E-state index is 11.9. The van der Waals surface area contributed by atoms with Gasteiger partial charge in [-0.15, -0.1) is 0 Å². The summed E-state index contributed by atoms with van der Waals surface area (Å²) in [6, 6.07) is 7.67. The number of aryl methyl sites for hydroxylation is 2. The minimum absolute atomic E-state index is 0.0322. The summed E-state index contributed by atoms with van der Waals surface area (Å²) in [6.45, 7) is 5.19. The van der Waals surface area contributed by atoms with Gasteiger partial charge >= 0.3 is 0 Å². The fourth-order valence-electron chi connectivity index (χ4n) is 2.54. The number of amides is 1. The molecular formula is C17H20N4O3. The standard InChI is InChI=1S/C17H20N4O3/c1-12-7-8-13(2)21(12)9-3-6-15(22)18-11-16-19-17(20-24-16)14-5-4-10-23-14/h4-5,7-8,10H,3,6,9,11H2,1-2H3,(H,18,22). The van der Waals surface area contributed by atoms with E-state index < -0.39 is 0 Å². The minimum Gasteiger partial charge on any atom is -0.461 e. The molecule has 0 saturated heterocycles. The van der Waals surface area contributed by atoms with Crippen LogP contribution in [0.15, 0.2) is 39.5 Å². The normalized spacial score (nSPS) is 10.9. The highest BCUT2D eigenvalue weighted by molar-refractivity contribution is 5.75. The number of nitrogens with one attached hydrogen (secondary N) is 1. The second-order valence-electron chi connectivity index (χ2n) is 5.64. The number of rotatable bonds is 7. The summed E-state index contributed by atoms with van der Waals surface area (Å²) in [4.78, 5) is 16.1. The third-order valence-corrected chi connectivity index (χ3v) is 3.85. The summed E-state index contributed by atoms with van der Waals surface area (Å²) >= 11 is 0. The molecule has 0 aliphatic heterocycles. The number of hydrogen-bond acceptors (Lipinski definition) is 5. The summed E-state index contributed by atoms with van der Waals surface area (Å²) < 4.78 is 12.5. The van der Waals surface area contributed by atoms with Gasteiger partial charge < -0.3 is 18.8 Å². The van der Waals surface area contributed by atoms with Crippen LogP contribution in [-0.2, 0) is 17.9 Å². The first-order chi connectivity index (χ1) is 11.6. The molecule has 7 nitrogen and oxygen atoms in total. The summed E-state index contributed by atoms with van der Waals surface area (Å²) in [5.74, 6) is 1.23. The Morgan fingerprint density at radius 3 is 2.75 bits per heavy atom. The molecular weight excluding hydrogens is 308 g/mol. The van der Waals surface area contributed by atoms with Crippen molar-refractivity contribution in [2.75, 3.05) is 0 Å². The van der Waals surface area contributed by atoms with Crippen molar-refractivity contribution in [2.24, 2.45) is 0 Å². The van der Waals surface area contributed by atoms with Gasteiger partial charge in [-0.2, -0.15) is 4.98 Å². The van der Waals surface area contributed by atoms with Crippen molar-refractivity contribution in [3.8, 4) is 11.6 Å². The van der Waals surface area contributed by atoms with Crippen LogP contribution >= 0.6 is 0 Å². The summed E-state index contributed by atoms with van der Waals surface area (Å²) in [7, 11) is 0. The molecule has 0 fully saturated rings. The van der Waals surface area contributed by atoms with Crippen molar-refractivity contribution >= 4 is 5.91 Å². The maximum atomic E-state index is 11.9. The molecule has 3 heterocycles. The van der Waals surface area contributed by atoms with Crippen LogP contribution in [0.5, 0.6) is 0 Å². The quantitative estimate of drug-likeness (QED) is 0.721. The van der Waals surface area contributed by atoms with Gasteiger partial charge in [-0.1, -0.05) is 5.16 Å². The minimum atomic E-state index is -0.0322. The van der Waals surface area contributed by atoms with E-state index in [9.17, 15) is 4.79 Å². The zero-order valence-corrected chi connectivity index (χ0v) is 13.8. The number of hydrogen-bond donors (Lipinski definition) is 1. The first-order valence-electron chi connectivity index (χ1n) is 7.89. The molecule has 1 amide bonds. The first-order valence-corrected chi connectivity index (χ1v) is 7.89. The molecule has 0 aromatic carbocycles. The molecule has 0 atom stereocenters. The zero-order valence-electron chi connectivity index (χ0n) is 13.8. The van der Waals surface area contributed by atoms with Gasteiger partial charge in [0, 0.05) is 24.4 Å². The Labute approximate surface area is 139 Å². The summed E-state index contributed by atoms with van der Waals surface area (Å²) in [5.41, 5.74) is 2.42. The Bertz CT molecular complexity index is 782. The van der Waals surface area contributed by atoms with E-state index in [0.717, 1.165) is 13.0 Å². The summed E-state index contributed by atoms with van der Waals surface area (Å²) in [6.07, 6.45) is 2.78. The zero-order chi connectivity index (χ0) is 16.9. The Hall–Kier alpha value is -2.83. The average Bonchev–Trinajstić information content (AvgIpc) is 3.29. The largest absolute Gasteiger partial charge is 0.461 e. The van der Waals surface area contributed by atoms with E-state index in [-0.39, 0.29) is 12.5 Å². The van der Waals surface area contributed by atoms with Gasteiger partial charge in [0.1, 0.15) is 0 Å². The van der Waals surface area contributed by atoms with E-state index in [1.807, 2.05) is 0 Å². The second-order valence-corrected chi connectivity index (χ2v) is 5.64. The molecule has 0 bridgehead atoms. The molecule has 3 aromatic rings. The molecule has 0 aliphatic carbocycles. The molecule has 1 N–H and O–H groups in total. The van der Waals surface area contributed by atoms with Crippen LogP contribution in [-0.4, -0.2) is 20.6 Å². The first kappa shape index (κ1) is 16.0. The predicted octanol–water partition coefficient (Wildman–Crippen LogP) is 2.84. The van der Waals surface area contributed by atoms with Crippen molar-refractivity contribution in [1.29, 1.82) is 0 Å².